The van der Waals surface area contributed by atoms with Gasteiger partial charge >= 0.3 is 10.4 Å². The fourth-order valence-corrected chi connectivity index (χ4v) is 1.00. The number of hydrogen-bond acceptors (Lipinski definition) is 3. The van der Waals surface area contributed by atoms with E-state index in [4.69, 9.17) is 4.55 Å². The van der Waals surface area contributed by atoms with Gasteiger partial charge < -0.3 is 5.48 Å². The van der Waals surface area contributed by atoms with Crippen LogP contribution in [0, 0.1) is 0 Å². The molecule has 0 fully saturated rings. The average molecular weight is 206 g/mol. The first-order chi connectivity index (χ1) is 5.58. The molecule has 0 bridgehead atoms. The van der Waals surface area contributed by atoms with Gasteiger partial charge in [-0.05, 0) is 5.56 Å². The van der Waals surface area contributed by atoms with E-state index in [-0.39, 0.29) is 12.1 Å². The zero-order chi connectivity index (χ0) is 9.03. The second-order valence-electron chi connectivity index (χ2n) is 2.18. The summed E-state index contributed by atoms with van der Waals surface area (Å²) in [7, 11) is -4.32. The molecular weight excluding hydrogens is 196 g/mol. The highest BCUT2D eigenvalue weighted by Crippen LogP contribution is 2.01. The third kappa shape index (κ3) is 5.31. The van der Waals surface area contributed by atoms with E-state index in [1.807, 2.05) is 0 Å². The van der Waals surface area contributed by atoms with Crippen LogP contribution in [0.25, 0.3) is 0 Å². The molecule has 1 aromatic rings. The van der Waals surface area contributed by atoms with Crippen LogP contribution in [0.5, 0.6) is 0 Å². The second-order valence-corrected chi connectivity index (χ2v) is 3.27. The van der Waals surface area contributed by atoms with Crippen LogP contribution in [-0.2, 0) is 21.2 Å². The van der Waals surface area contributed by atoms with E-state index in [0.717, 1.165) is 0 Å². The monoisotopic (exact) mass is 206 g/mol. The van der Waals surface area contributed by atoms with Crippen LogP contribution in [0.2, 0.25) is 0 Å². The van der Waals surface area contributed by atoms with Crippen molar-refractivity contribution in [2.24, 2.45) is 0 Å². The van der Waals surface area contributed by atoms with Gasteiger partial charge in [-0.3, -0.25) is 4.55 Å². The average Bonchev–Trinajstić information content (AvgIpc) is 2.02. The van der Waals surface area contributed by atoms with Crippen molar-refractivity contribution in [1.29, 1.82) is 0 Å². The van der Waals surface area contributed by atoms with Crippen LogP contribution in [0.15, 0.2) is 30.3 Å². The van der Waals surface area contributed by atoms with E-state index < -0.39 is 10.4 Å². The Labute approximate surface area is 76.2 Å². The third-order valence-corrected chi connectivity index (χ3v) is 1.63. The molecule has 3 N–H and O–H groups in total. The highest BCUT2D eigenvalue weighted by atomic mass is 32.3. The standard InChI is InChI=1S/C7H8O4S.H2O/c8-12(9,10)11-6-7-4-2-1-3-5-7;/h1-5H,6H2,(H,8,9,10);1H2. The molecule has 0 radical (unpaired) electrons. The summed E-state index contributed by atoms with van der Waals surface area (Å²) in [5, 5.41) is 0. The van der Waals surface area contributed by atoms with Gasteiger partial charge in [-0.2, -0.15) is 8.42 Å². The van der Waals surface area contributed by atoms with Crippen LogP contribution in [0.4, 0.5) is 0 Å². The molecule has 0 aliphatic heterocycles. The fourth-order valence-electron chi connectivity index (χ4n) is 0.717. The summed E-state index contributed by atoms with van der Waals surface area (Å²) in [5.41, 5.74) is 0.690. The Kier molecular flexibility index (Phi) is 4.57. The first-order valence-corrected chi connectivity index (χ1v) is 4.60. The molecule has 6 heteroatoms. The largest absolute Gasteiger partial charge is 0.412 e. The van der Waals surface area contributed by atoms with Crippen molar-refractivity contribution in [2.75, 3.05) is 0 Å². The quantitative estimate of drug-likeness (QED) is 0.713. The minimum absolute atomic E-state index is 0. The maximum absolute atomic E-state index is 10.1. The maximum Gasteiger partial charge on any atom is 0.397 e. The lowest BCUT2D eigenvalue weighted by Crippen LogP contribution is -2.03. The molecule has 0 amide bonds. The summed E-state index contributed by atoms with van der Waals surface area (Å²) >= 11 is 0. The first-order valence-electron chi connectivity index (χ1n) is 3.24. The highest BCUT2D eigenvalue weighted by Gasteiger charge is 2.03. The second kappa shape index (κ2) is 4.93. The van der Waals surface area contributed by atoms with Crippen LogP contribution >= 0.6 is 0 Å². The van der Waals surface area contributed by atoms with Crippen molar-refractivity contribution in [1.82, 2.24) is 0 Å². The number of hydrogen-bond donors (Lipinski definition) is 1. The molecule has 0 atom stereocenters. The molecule has 0 aromatic heterocycles. The van der Waals surface area contributed by atoms with Crippen LogP contribution in [0.3, 0.4) is 0 Å². The lowest BCUT2D eigenvalue weighted by Gasteiger charge is -1.98. The van der Waals surface area contributed by atoms with Crippen molar-refractivity contribution in [3.05, 3.63) is 35.9 Å². The summed E-state index contributed by atoms with van der Waals surface area (Å²) in [5.74, 6) is 0. The molecule has 0 saturated carbocycles. The SMILES string of the molecule is O.O=S(=O)(O)OCc1ccccc1. The topological polar surface area (TPSA) is 95.1 Å². The van der Waals surface area contributed by atoms with Crippen molar-refractivity contribution >= 4 is 10.4 Å². The molecule has 0 heterocycles. The molecule has 0 aliphatic carbocycles. The van der Waals surface area contributed by atoms with Crippen LogP contribution < -0.4 is 0 Å². The molecule has 0 spiro atoms. The molecule has 1 aromatic carbocycles. The lowest BCUT2D eigenvalue weighted by atomic mass is 10.2. The minimum Gasteiger partial charge on any atom is -0.412 e. The molecule has 0 aliphatic rings. The van der Waals surface area contributed by atoms with Gasteiger partial charge in [0, 0.05) is 0 Å². The molecular formula is C7H10O5S. The molecule has 13 heavy (non-hydrogen) atoms. The highest BCUT2D eigenvalue weighted by molar-refractivity contribution is 7.80. The van der Waals surface area contributed by atoms with E-state index >= 15 is 0 Å². The van der Waals surface area contributed by atoms with Gasteiger partial charge in [-0.25, -0.2) is 4.18 Å². The Morgan fingerprint density at radius 2 is 1.77 bits per heavy atom. The zero-order valence-corrected chi connectivity index (χ0v) is 7.49. The third-order valence-electron chi connectivity index (χ3n) is 1.22. The first kappa shape index (κ1) is 12.0. The van der Waals surface area contributed by atoms with Crippen molar-refractivity contribution in [3.63, 3.8) is 0 Å². The van der Waals surface area contributed by atoms with Gasteiger partial charge in [-0.1, -0.05) is 30.3 Å². The van der Waals surface area contributed by atoms with E-state index in [1.165, 1.54) is 0 Å². The Bertz CT molecular complexity index is 331. The molecule has 0 unspecified atom stereocenters. The lowest BCUT2D eigenvalue weighted by molar-refractivity contribution is 0.259. The molecule has 74 valence electrons. The van der Waals surface area contributed by atoms with Gasteiger partial charge in [0.05, 0.1) is 6.61 Å². The Balaban J connectivity index is 0.00000144. The number of rotatable bonds is 3. The van der Waals surface area contributed by atoms with E-state index in [9.17, 15) is 8.42 Å². The minimum atomic E-state index is -4.32. The Morgan fingerprint density at radius 1 is 1.23 bits per heavy atom. The van der Waals surface area contributed by atoms with Gasteiger partial charge in [-0.15, -0.1) is 0 Å². The smallest absolute Gasteiger partial charge is 0.397 e. The van der Waals surface area contributed by atoms with Crippen LogP contribution in [0.1, 0.15) is 5.56 Å². The van der Waals surface area contributed by atoms with E-state index in [2.05, 4.69) is 4.18 Å². The Hall–Kier alpha value is -0.950. The van der Waals surface area contributed by atoms with Gasteiger partial charge in [0.15, 0.2) is 0 Å². The summed E-state index contributed by atoms with van der Waals surface area (Å²) < 4.78 is 32.6. The normalized spacial score (nSPS) is 10.5. The van der Waals surface area contributed by atoms with Crippen molar-refractivity contribution in [3.8, 4) is 0 Å². The summed E-state index contributed by atoms with van der Waals surface area (Å²) in [4.78, 5) is 0. The van der Waals surface area contributed by atoms with Gasteiger partial charge in [0.25, 0.3) is 0 Å². The molecule has 5 nitrogen and oxygen atoms in total. The van der Waals surface area contributed by atoms with Gasteiger partial charge in [0.1, 0.15) is 0 Å². The molecule has 0 saturated heterocycles. The van der Waals surface area contributed by atoms with Gasteiger partial charge in [0.2, 0.25) is 0 Å². The summed E-state index contributed by atoms with van der Waals surface area (Å²) in [6, 6.07) is 8.71. The zero-order valence-electron chi connectivity index (χ0n) is 6.67. The van der Waals surface area contributed by atoms with Crippen molar-refractivity contribution in [2.45, 2.75) is 6.61 Å². The predicted octanol–water partition coefficient (Wildman–Crippen LogP) is 0.181. The predicted molar refractivity (Wildman–Crippen MR) is 46.4 cm³/mol. The summed E-state index contributed by atoms with van der Waals surface area (Å²) in [6.45, 7) is -0.139. The Morgan fingerprint density at radius 3 is 2.23 bits per heavy atom. The number of benzene rings is 1. The van der Waals surface area contributed by atoms with E-state index in [1.54, 1.807) is 30.3 Å². The molecule has 1 rings (SSSR count). The summed E-state index contributed by atoms with van der Waals surface area (Å²) in [6.07, 6.45) is 0. The van der Waals surface area contributed by atoms with Crippen molar-refractivity contribution < 1.29 is 22.6 Å². The maximum atomic E-state index is 10.1. The van der Waals surface area contributed by atoms with E-state index in [0.29, 0.717) is 5.56 Å². The van der Waals surface area contributed by atoms with Crippen LogP contribution in [-0.4, -0.2) is 18.4 Å². The fraction of sp³-hybridized carbons (Fsp3) is 0.143.